The van der Waals surface area contributed by atoms with Gasteiger partial charge in [-0.1, -0.05) is 24.3 Å². The first-order valence-corrected chi connectivity index (χ1v) is 5.73. The number of fused-ring (bicyclic) bond motifs is 2. The molecule has 2 heteroatoms. The monoisotopic (exact) mass is 224 g/mol. The molecule has 0 N–H and O–H groups in total. The second-order valence-electron chi connectivity index (χ2n) is 4.55. The van der Waals surface area contributed by atoms with Gasteiger partial charge in [0, 0.05) is 24.0 Å². The largest absolute Gasteiger partial charge is 0.295 e. The Bertz CT molecular complexity index is 603. The zero-order valence-electron chi connectivity index (χ0n) is 9.62. The SMILES string of the molecule is CC(=O)C1=CC2=C(Cc3ccccc32)C(=O)C1. The van der Waals surface area contributed by atoms with E-state index in [-0.39, 0.29) is 18.0 Å². The van der Waals surface area contributed by atoms with Gasteiger partial charge in [-0.2, -0.15) is 0 Å². The molecule has 0 amide bonds. The Morgan fingerprint density at radius 3 is 2.71 bits per heavy atom. The van der Waals surface area contributed by atoms with Crippen LogP contribution in [-0.2, 0) is 16.0 Å². The van der Waals surface area contributed by atoms with Crippen molar-refractivity contribution in [2.45, 2.75) is 19.8 Å². The fraction of sp³-hybridized carbons (Fsp3) is 0.200. The molecule has 2 nitrogen and oxygen atoms in total. The quantitative estimate of drug-likeness (QED) is 0.734. The highest BCUT2D eigenvalue weighted by atomic mass is 16.1. The minimum Gasteiger partial charge on any atom is -0.295 e. The highest BCUT2D eigenvalue weighted by Gasteiger charge is 2.29. The van der Waals surface area contributed by atoms with Crippen molar-refractivity contribution in [2.24, 2.45) is 0 Å². The molecular formula is C15H12O2. The molecule has 0 heterocycles. The number of carbonyl (C=O) groups excluding carboxylic acids is 2. The lowest BCUT2D eigenvalue weighted by Crippen LogP contribution is -2.12. The molecule has 0 saturated heterocycles. The van der Waals surface area contributed by atoms with Crippen LogP contribution in [0.3, 0.4) is 0 Å². The van der Waals surface area contributed by atoms with Crippen LogP contribution in [-0.4, -0.2) is 11.6 Å². The number of benzene rings is 1. The zero-order chi connectivity index (χ0) is 12.0. The number of rotatable bonds is 1. The summed E-state index contributed by atoms with van der Waals surface area (Å²) in [6.07, 6.45) is 2.87. The van der Waals surface area contributed by atoms with Crippen molar-refractivity contribution < 1.29 is 9.59 Å². The predicted molar refractivity (Wildman–Crippen MR) is 65.5 cm³/mol. The Morgan fingerprint density at radius 2 is 1.94 bits per heavy atom. The Labute approximate surface area is 99.6 Å². The average Bonchev–Trinajstić information content (AvgIpc) is 2.68. The third-order valence-electron chi connectivity index (χ3n) is 3.46. The second kappa shape index (κ2) is 3.52. The number of carbonyl (C=O) groups is 2. The number of Topliss-reactive ketones (excluding diaryl/α,β-unsaturated/α-hetero) is 2. The van der Waals surface area contributed by atoms with Crippen LogP contribution >= 0.6 is 0 Å². The summed E-state index contributed by atoms with van der Waals surface area (Å²) < 4.78 is 0. The van der Waals surface area contributed by atoms with Gasteiger partial charge >= 0.3 is 0 Å². The van der Waals surface area contributed by atoms with Crippen LogP contribution in [0.5, 0.6) is 0 Å². The van der Waals surface area contributed by atoms with E-state index in [4.69, 9.17) is 0 Å². The standard InChI is InChI=1S/C15H12O2/c1-9(16)11-7-13-12-5-3-2-4-10(12)6-14(13)15(17)8-11/h2-5,7H,6,8H2,1H3. The maximum Gasteiger partial charge on any atom is 0.164 e. The highest BCUT2D eigenvalue weighted by Crippen LogP contribution is 2.38. The van der Waals surface area contributed by atoms with Crippen molar-refractivity contribution in [3.63, 3.8) is 0 Å². The summed E-state index contributed by atoms with van der Waals surface area (Å²) >= 11 is 0. The molecule has 17 heavy (non-hydrogen) atoms. The van der Waals surface area contributed by atoms with Crippen LogP contribution in [0.25, 0.3) is 5.57 Å². The lowest BCUT2D eigenvalue weighted by molar-refractivity contribution is -0.118. The highest BCUT2D eigenvalue weighted by molar-refractivity contribution is 6.15. The molecule has 0 atom stereocenters. The van der Waals surface area contributed by atoms with Gasteiger partial charge in [0.05, 0.1) is 0 Å². The summed E-state index contributed by atoms with van der Waals surface area (Å²) in [5, 5.41) is 0. The van der Waals surface area contributed by atoms with E-state index in [2.05, 4.69) is 0 Å². The van der Waals surface area contributed by atoms with Crippen molar-refractivity contribution in [3.05, 3.63) is 52.6 Å². The van der Waals surface area contributed by atoms with Gasteiger partial charge in [-0.25, -0.2) is 0 Å². The summed E-state index contributed by atoms with van der Waals surface area (Å²) in [6, 6.07) is 8.01. The zero-order valence-corrected chi connectivity index (χ0v) is 9.62. The van der Waals surface area contributed by atoms with E-state index in [1.807, 2.05) is 30.3 Å². The van der Waals surface area contributed by atoms with Gasteiger partial charge in [-0.3, -0.25) is 9.59 Å². The summed E-state index contributed by atoms with van der Waals surface area (Å²) in [7, 11) is 0. The van der Waals surface area contributed by atoms with Crippen molar-refractivity contribution >= 4 is 17.1 Å². The molecule has 0 saturated carbocycles. The molecule has 2 aliphatic rings. The van der Waals surface area contributed by atoms with Crippen molar-refractivity contribution in [2.75, 3.05) is 0 Å². The molecule has 84 valence electrons. The first kappa shape index (κ1) is 10.2. The number of ketones is 2. The third-order valence-corrected chi connectivity index (χ3v) is 3.46. The van der Waals surface area contributed by atoms with Crippen LogP contribution in [0.15, 0.2) is 41.5 Å². The van der Waals surface area contributed by atoms with Gasteiger partial charge in [0.2, 0.25) is 0 Å². The van der Waals surface area contributed by atoms with E-state index in [1.54, 1.807) is 0 Å². The molecule has 0 spiro atoms. The van der Waals surface area contributed by atoms with E-state index < -0.39 is 0 Å². The number of allylic oxidation sites excluding steroid dienone is 4. The van der Waals surface area contributed by atoms with E-state index in [0.29, 0.717) is 12.0 Å². The third kappa shape index (κ3) is 1.48. The molecule has 0 bridgehead atoms. The van der Waals surface area contributed by atoms with E-state index in [9.17, 15) is 9.59 Å². The van der Waals surface area contributed by atoms with Crippen LogP contribution < -0.4 is 0 Å². The molecule has 1 aromatic carbocycles. The topological polar surface area (TPSA) is 34.1 Å². The Balaban J connectivity index is 2.17. The van der Waals surface area contributed by atoms with Gasteiger partial charge in [-0.15, -0.1) is 0 Å². The molecule has 0 radical (unpaired) electrons. The predicted octanol–water partition coefficient (Wildman–Crippen LogP) is 2.48. The van der Waals surface area contributed by atoms with Gasteiger partial charge in [0.25, 0.3) is 0 Å². The average molecular weight is 224 g/mol. The first-order valence-electron chi connectivity index (χ1n) is 5.73. The minimum absolute atomic E-state index is 0.00530. The fourth-order valence-electron chi connectivity index (χ4n) is 2.53. The van der Waals surface area contributed by atoms with Crippen molar-refractivity contribution in [1.29, 1.82) is 0 Å². The summed E-state index contributed by atoms with van der Waals surface area (Å²) in [4.78, 5) is 23.4. The van der Waals surface area contributed by atoms with E-state index in [1.165, 1.54) is 12.5 Å². The van der Waals surface area contributed by atoms with Crippen LogP contribution in [0.4, 0.5) is 0 Å². The first-order chi connectivity index (χ1) is 8.16. The molecule has 0 aromatic heterocycles. The van der Waals surface area contributed by atoms with Crippen molar-refractivity contribution in [3.8, 4) is 0 Å². The lowest BCUT2D eigenvalue weighted by Gasteiger charge is -2.12. The Kier molecular flexibility index (Phi) is 2.11. The number of hydrogen-bond acceptors (Lipinski definition) is 2. The smallest absolute Gasteiger partial charge is 0.164 e. The van der Waals surface area contributed by atoms with Gasteiger partial charge < -0.3 is 0 Å². The minimum atomic E-state index is -0.00530. The molecule has 0 fully saturated rings. The van der Waals surface area contributed by atoms with Crippen LogP contribution in [0.2, 0.25) is 0 Å². The Hall–Kier alpha value is -1.96. The molecule has 0 aliphatic heterocycles. The molecular weight excluding hydrogens is 212 g/mol. The van der Waals surface area contributed by atoms with Crippen LogP contribution in [0, 0.1) is 0 Å². The van der Waals surface area contributed by atoms with E-state index >= 15 is 0 Å². The van der Waals surface area contributed by atoms with Gasteiger partial charge in [-0.05, 0) is 29.7 Å². The van der Waals surface area contributed by atoms with E-state index in [0.717, 1.165) is 16.7 Å². The molecule has 0 unspecified atom stereocenters. The van der Waals surface area contributed by atoms with Crippen molar-refractivity contribution in [1.82, 2.24) is 0 Å². The normalized spacial score (nSPS) is 17.7. The molecule has 3 rings (SSSR count). The van der Waals surface area contributed by atoms with Gasteiger partial charge in [0.15, 0.2) is 11.6 Å². The lowest BCUT2D eigenvalue weighted by atomic mass is 9.90. The summed E-state index contributed by atoms with van der Waals surface area (Å²) in [5.41, 5.74) is 4.75. The number of hydrogen-bond donors (Lipinski definition) is 0. The summed E-state index contributed by atoms with van der Waals surface area (Å²) in [6.45, 7) is 1.52. The van der Waals surface area contributed by atoms with Gasteiger partial charge in [0.1, 0.15) is 0 Å². The second-order valence-corrected chi connectivity index (χ2v) is 4.55. The molecule has 2 aliphatic carbocycles. The summed E-state index contributed by atoms with van der Waals surface area (Å²) in [5.74, 6) is 0.0955. The molecule has 1 aromatic rings. The maximum absolute atomic E-state index is 12.0. The van der Waals surface area contributed by atoms with Crippen LogP contribution in [0.1, 0.15) is 24.5 Å². The Morgan fingerprint density at radius 1 is 1.18 bits per heavy atom. The fourth-order valence-corrected chi connectivity index (χ4v) is 2.53. The maximum atomic E-state index is 12.0.